The first-order chi connectivity index (χ1) is 18.1. The quantitative estimate of drug-likeness (QED) is 0.211. The van der Waals surface area contributed by atoms with Crippen LogP contribution < -0.4 is 20.5 Å². The number of ether oxygens (including phenoxy) is 1. The molecule has 1 unspecified atom stereocenters. The molecule has 0 radical (unpaired) electrons. The molecule has 0 saturated heterocycles. The van der Waals surface area contributed by atoms with E-state index in [1.807, 2.05) is 24.3 Å². The van der Waals surface area contributed by atoms with Gasteiger partial charge in [-0.1, -0.05) is 41.9 Å². The highest BCUT2D eigenvalue weighted by molar-refractivity contribution is 7.94. The molecule has 2 aromatic carbocycles. The van der Waals surface area contributed by atoms with Crippen LogP contribution in [-0.2, 0) is 32.7 Å². The number of aromatic nitrogens is 2. The van der Waals surface area contributed by atoms with E-state index in [4.69, 9.17) is 27.2 Å². The number of aliphatic carboxylic acids is 1. The molecule has 0 bridgehead atoms. The Morgan fingerprint density at radius 2 is 1.92 bits per heavy atom. The van der Waals surface area contributed by atoms with Crippen molar-refractivity contribution < 1.29 is 27.9 Å². The highest BCUT2D eigenvalue weighted by Gasteiger charge is 2.23. The van der Waals surface area contributed by atoms with Gasteiger partial charge in [0.2, 0.25) is 5.91 Å². The topological polar surface area (TPSA) is 166 Å². The summed E-state index contributed by atoms with van der Waals surface area (Å²) in [5.74, 6) is -1.16. The average Bonchev–Trinajstić information content (AvgIpc) is 3.47. The lowest BCUT2D eigenvalue weighted by Crippen LogP contribution is -2.36. The van der Waals surface area contributed by atoms with E-state index in [0.717, 1.165) is 22.5 Å². The SMILES string of the molecule is COc1cccc2c1c(NS(=O)(=O)c1ccc(Cl)s1)nn2Cc1cccc(CNC(=O)CC(N)C(=O)O)c1. The highest BCUT2D eigenvalue weighted by atomic mass is 35.5. The van der Waals surface area contributed by atoms with E-state index in [-0.39, 0.29) is 23.0 Å². The molecule has 0 spiro atoms. The Morgan fingerprint density at radius 1 is 1.18 bits per heavy atom. The number of thiophene rings is 1. The van der Waals surface area contributed by atoms with E-state index in [1.54, 1.807) is 22.9 Å². The Labute approximate surface area is 227 Å². The van der Waals surface area contributed by atoms with Gasteiger partial charge >= 0.3 is 5.97 Å². The number of nitrogens with two attached hydrogens (primary N) is 1. The molecule has 200 valence electrons. The number of nitrogens with zero attached hydrogens (tertiary/aromatic N) is 2. The fourth-order valence-electron chi connectivity index (χ4n) is 3.75. The predicted molar refractivity (Wildman–Crippen MR) is 144 cm³/mol. The molecule has 5 N–H and O–H groups in total. The van der Waals surface area contributed by atoms with Crippen LogP contribution in [0, 0.1) is 0 Å². The fourth-order valence-corrected chi connectivity index (χ4v) is 6.24. The zero-order valence-corrected chi connectivity index (χ0v) is 22.4. The molecular weight excluding hydrogens is 554 g/mol. The van der Waals surface area contributed by atoms with Crippen molar-refractivity contribution in [3.05, 3.63) is 70.1 Å². The first kappa shape index (κ1) is 27.4. The maximum Gasteiger partial charge on any atom is 0.321 e. The summed E-state index contributed by atoms with van der Waals surface area (Å²) in [7, 11) is -2.45. The number of hydrogen-bond donors (Lipinski definition) is 4. The number of amides is 1. The molecule has 0 fully saturated rings. The van der Waals surface area contributed by atoms with Crippen molar-refractivity contribution >= 4 is 61.6 Å². The number of fused-ring (bicyclic) bond motifs is 1. The van der Waals surface area contributed by atoms with Crippen molar-refractivity contribution in [2.45, 2.75) is 29.8 Å². The fraction of sp³-hybridized carbons (Fsp3) is 0.208. The van der Waals surface area contributed by atoms with Gasteiger partial charge in [-0.2, -0.15) is 5.10 Å². The summed E-state index contributed by atoms with van der Waals surface area (Å²) in [6.45, 7) is 0.475. The van der Waals surface area contributed by atoms with E-state index < -0.39 is 27.9 Å². The second-order valence-electron chi connectivity index (χ2n) is 8.27. The molecule has 0 saturated carbocycles. The molecule has 4 aromatic rings. The van der Waals surface area contributed by atoms with Gasteiger partial charge in [-0.15, -0.1) is 11.3 Å². The van der Waals surface area contributed by atoms with Crippen LogP contribution >= 0.6 is 22.9 Å². The van der Waals surface area contributed by atoms with Gasteiger partial charge in [0.1, 0.15) is 16.0 Å². The summed E-state index contributed by atoms with van der Waals surface area (Å²) >= 11 is 6.86. The van der Waals surface area contributed by atoms with Gasteiger partial charge in [-0.25, -0.2) is 8.42 Å². The monoisotopic (exact) mass is 577 g/mol. The van der Waals surface area contributed by atoms with Gasteiger partial charge in [0.15, 0.2) is 5.82 Å². The summed E-state index contributed by atoms with van der Waals surface area (Å²) in [6, 6.07) is 14.3. The van der Waals surface area contributed by atoms with Crippen LogP contribution in [0.3, 0.4) is 0 Å². The van der Waals surface area contributed by atoms with Crippen LogP contribution in [0.15, 0.2) is 58.8 Å². The first-order valence-corrected chi connectivity index (χ1v) is 13.9. The van der Waals surface area contributed by atoms with Crippen LogP contribution in [0.4, 0.5) is 5.82 Å². The molecule has 2 aromatic heterocycles. The zero-order chi connectivity index (χ0) is 27.4. The molecule has 0 aliphatic rings. The summed E-state index contributed by atoms with van der Waals surface area (Å²) < 4.78 is 36.0. The average molecular weight is 578 g/mol. The van der Waals surface area contributed by atoms with Gasteiger partial charge in [-0.3, -0.25) is 19.0 Å². The van der Waals surface area contributed by atoms with E-state index >= 15 is 0 Å². The van der Waals surface area contributed by atoms with Crippen molar-refractivity contribution in [2.75, 3.05) is 11.8 Å². The molecule has 0 aliphatic carbocycles. The van der Waals surface area contributed by atoms with Crippen molar-refractivity contribution in [1.82, 2.24) is 15.1 Å². The van der Waals surface area contributed by atoms with Gasteiger partial charge in [0.05, 0.1) is 35.3 Å². The van der Waals surface area contributed by atoms with Gasteiger partial charge in [0, 0.05) is 6.54 Å². The molecule has 14 heteroatoms. The number of nitrogens with one attached hydrogen (secondary N) is 2. The Balaban J connectivity index is 1.59. The predicted octanol–water partition coefficient (Wildman–Crippen LogP) is 3.03. The van der Waals surface area contributed by atoms with Crippen molar-refractivity contribution in [1.29, 1.82) is 0 Å². The second-order valence-corrected chi connectivity index (χ2v) is 11.9. The highest BCUT2D eigenvalue weighted by Crippen LogP contribution is 2.35. The number of anilines is 1. The summed E-state index contributed by atoms with van der Waals surface area (Å²) in [5, 5.41) is 16.6. The Kier molecular flexibility index (Phi) is 8.21. The van der Waals surface area contributed by atoms with Crippen LogP contribution in [-0.4, -0.2) is 48.3 Å². The molecular formula is C24H24ClN5O6S2. The summed E-state index contributed by atoms with van der Waals surface area (Å²) in [4.78, 5) is 22.8. The number of sulfonamides is 1. The number of benzene rings is 2. The molecule has 1 amide bonds. The van der Waals surface area contributed by atoms with Crippen LogP contribution in [0.1, 0.15) is 17.5 Å². The minimum absolute atomic E-state index is 0.0548. The molecule has 38 heavy (non-hydrogen) atoms. The van der Waals surface area contributed by atoms with E-state index in [2.05, 4.69) is 15.1 Å². The normalized spacial score (nSPS) is 12.3. The third kappa shape index (κ3) is 6.25. The maximum atomic E-state index is 13.0. The van der Waals surface area contributed by atoms with E-state index in [0.29, 0.717) is 27.5 Å². The third-order valence-electron chi connectivity index (χ3n) is 5.54. The number of hydrogen-bond acceptors (Lipinski definition) is 8. The summed E-state index contributed by atoms with van der Waals surface area (Å²) in [6.07, 6.45) is -0.327. The molecule has 0 aliphatic heterocycles. The summed E-state index contributed by atoms with van der Waals surface area (Å²) in [5.41, 5.74) is 7.68. The number of halogens is 1. The lowest BCUT2D eigenvalue weighted by molar-refractivity contribution is -0.140. The Hall–Kier alpha value is -3.65. The van der Waals surface area contributed by atoms with E-state index in [9.17, 15) is 18.0 Å². The minimum Gasteiger partial charge on any atom is -0.496 e. The lowest BCUT2D eigenvalue weighted by Gasteiger charge is -2.10. The zero-order valence-electron chi connectivity index (χ0n) is 20.0. The largest absolute Gasteiger partial charge is 0.496 e. The number of carboxylic acids is 1. The van der Waals surface area contributed by atoms with Crippen molar-refractivity contribution in [3.63, 3.8) is 0 Å². The molecule has 11 nitrogen and oxygen atoms in total. The number of methoxy groups -OCH3 is 1. The van der Waals surface area contributed by atoms with Crippen LogP contribution in [0.5, 0.6) is 5.75 Å². The number of carbonyl (C=O) groups excluding carboxylic acids is 1. The number of rotatable bonds is 11. The molecule has 1 atom stereocenters. The second kappa shape index (κ2) is 11.4. The van der Waals surface area contributed by atoms with Gasteiger partial charge < -0.3 is 20.9 Å². The lowest BCUT2D eigenvalue weighted by atomic mass is 10.1. The molecule has 2 heterocycles. The van der Waals surface area contributed by atoms with Crippen LogP contribution in [0.25, 0.3) is 10.9 Å². The third-order valence-corrected chi connectivity index (χ3v) is 8.60. The Bertz CT molecular complexity index is 1600. The number of carboxylic acid groups (broad SMARTS) is 1. The maximum absolute atomic E-state index is 13.0. The smallest absolute Gasteiger partial charge is 0.321 e. The van der Waals surface area contributed by atoms with Crippen LogP contribution in [0.2, 0.25) is 4.34 Å². The van der Waals surface area contributed by atoms with Crippen molar-refractivity contribution in [3.8, 4) is 5.75 Å². The van der Waals surface area contributed by atoms with Gasteiger partial charge in [-0.05, 0) is 35.4 Å². The molecule has 4 rings (SSSR count). The standard InChI is InChI=1S/C24H24ClN5O6S2/c1-36-18-7-3-6-17-22(18)23(29-38(34,35)21-9-8-19(25)37-21)28-30(17)13-15-5-2-4-14(10-15)12-27-20(31)11-16(26)24(32)33/h2-10,16H,11-13,26H2,1H3,(H,27,31)(H,28,29)(H,32,33). The first-order valence-electron chi connectivity index (χ1n) is 11.2. The minimum atomic E-state index is -3.94. The van der Waals surface area contributed by atoms with Crippen molar-refractivity contribution in [2.24, 2.45) is 5.73 Å². The Morgan fingerprint density at radius 3 is 2.61 bits per heavy atom. The van der Waals surface area contributed by atoms with E-state index in [1.165, 1.54) is 19.2 Å². The number of carbonyl (C=O) groups is 2. The van der Waals surface area contributed by atoms with Gasteiger partial charge in [0.25, 0.3) is 10.0 Å².